The zero-order chi connectivity index (χ0) is 30.9. The maximum atomic E-state index is 12.5. The molecule has 2 aromatic rings. The van der Waals surface area contributed by atoms with E-state index in [1.807, 2.05) is 60.7 Å². The molecule has 0 saturated heterocycles. The average molecular weight is 581 g/mol. The van der Waals surface area contributed by atoms with Crippen LogP contribution in [0.3, 0.4) is 0 Å². The second-order valence-corrected chi connectivity index (χ2v) is 9.78. The first-order chi connectivity index (χ1) is 20.1. The number of hydrogen-bond donors (Lipinski definition) is 6. The fourth-order valence-electron chi connectivity index (χ4n) is 4.04. The van der Waals surface area contributed by atoms with E-state index in [1.54, 1.807) is 6.92 Å². The SMILES string of the molecule is CNC(=O)C(Cc1ccccc1)NC(=O)CNC(=O)CCC(C)C(=O)NCC(=O)NC(Cc1ccccc1)C(=O)NC. The molecule has 3 atom stereocenters. The molecule has 0 radical (unpaired) electrons. The number of amides is 6. The third-order valence-electron chi connectivity index (χ3n) is 6.48. The minimum absolute atomic E-state index is 0.0211. The second-order valence-electron chi connectivity index (χ2n) is 9.78. The average Bonchev–Trinajstić information content (AvgIpc) is 3.00. The van der Waals surface area contributed by atoms with Crippen molar-refractivity contribution >= 4 is 35.4 Å². The van der Waals surface area contributed by atoms with Crippen molar-refractivity contribution in [2.24, 2.45) is 5.92 Å². The third kappa shape index (κ3) is 12.2. The lowest BCUT2D eigenvalue weighted by atomic mass is 10.0. The van der Waals surface area contributed by atoms with Crippen LogP contribution in [0, 0.1) is 5.92 Å². The van der Waals surface area contributed by atoms with Crippen LogP contribution in [0.15, 0.2) is 60.7 Å². The number of benzene rings is 2. The first-order valence-corrected chi connectivity index (χ1v) is 13.8. The van der Waals surface area contributed by atoms with Crippen LogP contribution in [0.2, 0.25) is 0 Å². The van der Waals surface area contributed by atoms with Gasteiger partial charge in [0.05, 0.1) is 13.1 Å². The molecule has 0 aromatic heterocycles. The Hall–Kier alpha value is -4.74. The van der Waals surface area contributed by atoms with Crippen LogP contribution < -0.4 is 31.9 Å². The summed E-state index contributed by atoms with van der Waals surface area (Å²) in [6, 6.07) is 16.9. The minimum atomic E-state index is -0.801. The molecule has 0 heterocycles. The fourth-order valence-corrected chi connectivity index (χ4v) is 4.04. The standard InChI is InChI=1S/C30H40N6O6/c1-20(28(40)34-19-27(39)36-24(30(42)32-3)17-22-12-8-5-9-13-22)14-15-25(37)33-18-26(38)35-23(29(41)31-2)16-21-10-6-4-7-11-21/h4-13,20,23-24H,14-19H2,1-3H3,(H,31,41)(H,32,42)(H,33,37)(H,34,40)(H,35,38)(H,36,39). The Kier molecular flexibility index (Phi) is 14.2. The van der Waals surface area contributed by atoms with Crippen molar-refractivity contribution in [3.8, 4) is 0 Å². The van der Waals surface area contributed by atoms with Gasteiger partial charge in [-0.1, -0.05) is 67.6 Å². The fraction of sp³-hybridized carbons (Fsp3) is 0.400. The van der Waals surface area contributed by atoms with Crippen molar-refractivity contribution in [3.63, 3.8) is 0 Å². The number of nitrogens with one attached hydrogen (secondary N) is 6. The molecule has 0 bridgehead atoms. The van der Waals surface area contributed by atoms with E-state index >= 15 is 0 Å². The summed E-state index contributed by atoms with van der Waals surface area (Å²) in [6.07, 6.45) is 0.755. The monoisotopic (exact) mass is 580 g/mol. The number of likely N-dealkylation sites (N-methyl/N-ethyl adjacent to an activating group) is 2. The third-order valence-corrected chi connectivity index (χ3v) is 6.48. The van der Waals surface area contributed by atoms with Gasteiger partial charge in [-0.05, 0) is 17.5 Å². The predicted molar refractivity (Wildman–Crippen MR) is 157 cm³/mol. The van der Waals surface area contributed by atoms with E-state index in [2.05, 4.69) is 31.9 Å². The molecule has 0 aliphatic heterocycles. The zero-order valence-electron chi connectivity index (χ0n) is 24.2. The summed E-state index contributed by atoms with van der Waals surface area (Å²) in [4.78, 5) is 73.9. The summed E-state index contributed by atoms with van der Waals surface area (Å²) < 4.78 is 0. The van der Waals surface area contributed by atoms with Gasteiger partial charge in [-0.3, -0.25) is 28.8 Å². The summed E-state index contributed by atoms with van der Waals surface area (Å²) in [5, 5.41) is 15.3. The number of carbonyl (C=O) groups excluding carboxylic acids is 6. The molecule has 0 aliphatic carbocycles. The predicted octanol–water partition coefficient (Wildman–Crippen LogP) is -0.418. The van der Waals surface area contributed by atoms with Crippen LogP contribution in [0.25, 0.3) is 0 Å². The van der Waals surface area contributed by atoms with Crippen LogP contribution >= 0.6 is 0 Å². The number of hydrogen-bond acceptors (Lipinski definition) is 6. The molecular weight excluding hydrogens is 540 g/mol. The van der Waals surface area contributed by atoms with Crippen LogP contribution in [0.5, 0.6) is 0 Å². The van der Waals surface area contributed by atoms with Gasteiger partial charge < -0.3 is 31.9 Å². The number of rotatable bonds is 16. The molecule has 0 fully saturated rings. The van der Waals surface area contributed by atoms with Crippen LogP contribution in [0.4, 0.5) is 0 Å². The lowest BCUT2D eigenvalue weighted by Gasteiger charge is -2.18. The van der Waals surface area contributed by atoms with E-state index in [9.17, 15) is 28.8 Å². The summed E-state index contributed by atoms with van der Waals surface area (Å²) in [5.41, 5.74) is 1.75. The van der Waals surface area contributed by atoms with Gasteiger partial charge in [0, 0.05) is 39.3 Å². The summed E-state index contributed by atoms with van der Waals surface area (Å²) in [7, 11) is 2.96. The first kappa shape index (κ1) is 33.5. The highest BCUT2D eigenvalue weighted by Gasteiger charge is 2.22. The van der Waals surface area contributed by atoms with Gasteiger partial charge in [0.15, 0.2) is 0 Å². The maximum absolute atomic E-state index is 12.5. The minimum Gasteiger partial charge on any atom is -0.357 e. The highest BCUT2D eigenvalue weighted by molar-refractivity contribution is 5.91. The molecular formula is C30H40N6O6. The van der Waals surface area contributed by atoms with E-state index in [0.29, 0.717) is 12.8 Å². The van der Waals surface area contributed by atoms with Gasteiger partial charge in [0.25, 0.3) is 0 Å². The van der Waals surface area contributed by atoms with Crippen LogP contribution in [-0.2, 0) is 41.6 Å². The molecule has 6 amide bonds. The lowest BCUT2D eigenvalue weighted by Crippen LogP contribution is -2.50. The van der Waals surface area contributed by atoms with Gasteiger partial charge in [-0.15, -0.1) is 0 Å². The van der Waals surface area contributed by atoms with Gasteiger partial charge in [0.2, 0.25) is 35.4 Å². The summed E-state index contributed by atoms with van der Waals surface area (Å²) in [5.74, 6) is -3.20. The van der Waals surface area contributed by atoms with Crippen molar-refractivity contribution in [2.45, 2.75) is 44.7 Å². The smallest absolute Gasteiger partial charge is 0.242 e. The van der Waals surface area contributed by atoms with Crippen molar-refractivity contribution in [3.05, 3.63) is 71.8 Å². The summed E-state index contributed by atoms with van der Waals surface area (Å²) in [6.45, 7) is 0.970. The Balaban J connectivity index is 1.72. The van der Waals surface area contributed by atoms with Crippen molar-refractivity contribution in [1.82, 2.24) is 31.9 Å². The molecule has 2 rings (SSSR count). The lowest BCUT2D eigenvalue weighted by molar-refractivity contribution is -0.131. The first-order valence-electron chi connectivity index (χ1n) is 13.8. The van der Waals surface area contributed by atoms with Gasteiger partial charge in [-0.2, -0.15) is 0 Å². The quantitative estimate of drug-likeness (QED) is 0.157. The molecule has 3 unspecified atom stereocenters. The second kappa shape index (κ2) is 17.8. The zero-order valence-corrected chi connectivity index (χ0v) is 24.2. The van der Waals surface area contributed by atoms with Crippen LogP contribution in [0.1, 0.15) is 30.9 Å². The normalized spacial score (nSPS) is 12.5. The van der Waals surface area contributed by atoms with Gasteiger partial charge >= 0.3 is 0 Å². The Labute approximate surface area is 245 Å². The maximum Gasteiger partial charge on any atom is 0.242 e. The molecule has 6 N–H and O–H groups in total. The highest BCUT2D eigenvalue weighted by atomic mass is 16.2. The Morgan fingerprint density at radius 1 is 0.595 bits per heavy atom. The Morgan fingerprint density at radius 2 is 1.02 bits per heavy atom. The van der Waals surface area contributed by atoms with E-state index in [4.69, 9.17) is 0 Å². The largest absolute Gasteiger partial charge is 0.357 e. The number of carbonyl (C=O) groups is 6. The molecule has 42 heavy (non-hydrogen) atoms. The van der Waals surface area contributed by atoms with Crippen molar-refractivity contribution in [1.29, 1.82) is 0 Å². The van der Waals surface area contributed by atoms with E-state index in [0.717, 1.165) is 11.1 Å². The van der Waals surface area contributed by atoms with Gasteiger partial charge in [0.1, 0.15) is 12.1 Å². The molecule has 0 spiro atoms. The van der Waals surface area contributed by atoms with E-state index < -0.39 is 41.6 Å². The van der Waals surface area contributed by atoms with Crippen LogP contribution in [-0.4, -0.2) is 74.7 Å². The molecule has 0 saturated carbocycles. The highest BCUT2D eigenvalue weighted by Crippen LogP contribution is 2.07. The van der Waals surface area contributed by atoms with Gasteiger partial charge in [-0.25, -0.2) is 0 Å². The topological polar surface area (TPSA) is 175 Å². The summed E-state index contributed by atoms with van der Waals surface area (Å²) >= 11 is 0. The molecule has 0 aliphatic rings. The molecule has 2 aromatic carbocycles. The molecule has 12 nitrogen and oxygen atoms in total. The van der Waals surface area contributed by atoms with Crippen molar-refractivity contribution in [2.75, 3.05) is 27.2 Å². The molecule has 12 heteroatoms. The van der Waals surface area contributed by atoms with Crippen molar-refractivity contribution < 1.29 is 28.8 Å². The van der Waals surface area contributed by atoms with E-state index in [1.165, 1.54) is 14.1 Å². The Bertz CT molecular complexity index is 1210. The molecule has 226 valence electrons. The van der Waals surface area contributed by atoms with E-state index in [-0.39, 0.29) is 37.7 Å². The Morgan fingerprint density at radius 3 is 1.45 bits per heavy atom.